The Balaban J connectivity index is 1.49. The molecule has 2 aliphatic rings. The molecule has 1 amide bonds. The highest BCUT2D eigenvalue weighted by molar-refractivity contribution is 6.30. The van der Waals surface area contributed by atoms with Crippen LogP contribution in [0.25, 0.3) is 0 Å². The van der Waals surface area contributed by atoms with Crippen LogP contribution in [0.5, 0.6) is 0 Å². The summed E-state index contributed by atoms with van der Waals surface area (Å²) >= 11 is 5.92. The summed E-state index contributed by atoms with van der Waals surface area (Å²) < 4.78 is 13.8. The number of benzene rings is 1. The van der Waals surface area contributed by atoms with Crippen LogP contribution in [0.4, 0.5) is 4.39 Å². The van der Waals surface area contributed by atoms with Crippen LogP contribution in [-0.4, -0.2) is 41.1 Å². The first-order chi connectivity index (χ1) is 11.0. The van der Waals surface area contributed by atoms with Crippen molar-refractivity contribution in [2.45, 2.75) is 44.4 Å². The second-order valence-corrected chi connectivity index (χ2v) is 7.01. The van der Waals surface area contributed by atoms with Crippen LogP contribution in [0.2, 0.25) is 5.02 Å². The molecule has 23 heavy (non-hydrogen) atoms. The summed E-state index contributed by atoms with van der Waals surface area (Å²) in [4.78, 5) is 14.0. The van der Waals surface area contributed by atoms with E-state index in [9.17, 15) is 14.3 Å². The van der Waals surface area contributed by atoms with Gasteiger partial charge in [0.05, 0.1) is 0 Å². The van der Waals surface area contributed by atoms with E-state index in [1.807, 2.05) is 0 Å². The minimum absolute atomic E-state index is 0.0193. The Bertz CT molecular complexity index is 572. The lowest BCUT2D eigenvalue weighted by atomic mass is 9.90. The number of halogens is 2. The van der Waals surface area contributed by atoms with Crippen LogP contribution in [0.3, 0.4) is 0 Å². The second kappa shape index (κ2) is 7.16. The smallest absolute Gasteiger partial charge is 0.249 e. The summed E-state index contributed by atoms with van der Waals surface area (Å²) in [5.41, 5.74) is 0.586. The van der Waals surface area contributed by atoms with Crippen LogP contribution < -0.4 is 5.32 Å². The third-order valence-electron chi connectivity index (χ3n) is 4.67. The fraction of sp³-hybridized carbons (Fsp3) is 0.588. The molecular weight excluding hydrogens is 319 g/mol. The van der Waals surface area contributed by atoms with E-state index in [4.69, 9.17) is 11.6 Å². The molecule has 1 saturated carbocycles. The van der Waals surface area contributed by atoms with Crippen molar-refractivity contribution in [2.75, 3.05) is 13.1 Å². The first-order valence-electron chi connectivity index (χ1n) is 8.17. The Kier molecular flexibility index (Phi) is 5.19. The molecule has 0 spiro atoms. The molecule has 126 valence electrons. The summed E-state index contributed by atoms with van der Waals surface area (Å²) in [5, 5.41) is 13.5. The number of nitrogens with zero attached hydrogens (tertiary/aromatic N) is 1. The largest absolute Gasteiger partial charge is 0.383 e. The molecule has 0 aromatic heterocycles. The lowest BCUT2D eigenvalue weighted by Crippen LogP contribution is -2.45. The van der Waals surface area contributed by atoms with Crippen molar-refractivity contribution in [1.29, 1.82) is 0 Å². The number of carbonyl (C=O) groups excluding carboxylic acids is 1. The van der Waals surface area contributed by atoms with Crippen LogP contribution in [0.15, 0.2) is 18.2 Å². The molecule has 6 heteroatoms. The van der Waals surface area contributed by atoms with E-state index < -0.39 is 6.10 Å². The number of hydrogen-bond donors (Lipinski definition) is 2. The van der Waals surface area contributed by atoms with Gasteiger partial charge in [0.15, 0.2) is 0 Å². The van der Waals surface area contributed by atoms with Gasteiger partial charge in [-0.25, -0.2) is 4.39 Å². The summed E-state index contributed by atoms with van der Waals surface area (Å²) in [7, 11) is 0. The van der Waals surface area contributed by atoms with Gasteiger partial charge in [0.1, 0.15) is 11.9 Å². The normalized spacial score (nSPS) is 21.2. The maximum Gasteiger partial charge on any atom is 0.249 e. The van der Waals surface area contributed by atoms with Crippen molar-refractivity contribution in [2.24, 2.45) is 5.92 Å². The van der Waals surface area contributed by atoms with Gasteiger partial charge in [-0.3, -0.25) is 9.69 Å². The lowest BCUT2D eigenvalue weighted by Gasteiger charge is -2.33. The molecule has 1 saturated heterocycles. The molecule has 1 aromatic carbocycles. The Hall–Kier alpha value is -1.17. The number of carbonyl (C=O) groups is 1. The second-order valence-electron chi connectivity index (χ2n) is 6.58. The molecule has 2 N–H and O–H groups in total. The van der Waals surface area contributed by atoms with Gasteiger partial charge in [0, 0.05) is 23.2 Å². The Labute approximate surface area is 140 Å². The van der Waals surface area contributed by atoms with Crippen molar-refractivity contribution in [3.63, 3.8) is 0 Å². The number of hydrogen-bond acceptors (Lipinski definition) is 3. The number of likely N-dealkylation sites (tertiary alicyclic amines) is 1. The van der Waals surface area contributed by atoms with Crippen LogP contribution in [0, 0.1) is 11.7 Å². The lowest BCUT2D eigenvalue weighted by molar-refractivity contribution is -0.133. The van der Waals surface area contributed by atoms with Gasteiger partial charge >= 0.3 is 0 Å². The highest BCUT2D eigenvalue weighted by Crippen LogP contribution is 2.25. The molecule has 1 aliphatic carbocycles. The predicted octanol–water partition coefficient (Wildman–Crippen LogP) is 2.33. The molecule has 0 bridgehead atoms. The maximum absolute atomic E-state index is 13.8. The van der Waals surface area contributed by atoms with Gasteiger partial charge in [0.25, 0.3) is 0 Å². The fourth-order valence-corrected chi connectivity index (χ4v) is 3.26. The molecule has 1 unspecified atom stereocenters. The van der Waals surface area contributed by atoms with Crippen LogP contribution >= 0.6 is 11.6 Å². The molecular formula is C17H22ClFN2O2. The zero-order valence-electron chi connectivity index (χ0n) is 13.0. The van der Waals surface area contributed by atoms with Crippen molar-refractivity contribution >= 4 is 17.5 Å². The average Bonchev–Trinajstić information content (AvgIpc) is 3.35. The number of nitrogens with one attached hydrogen (secondary N) is 1. The van der Waals surface area contributed by atoms with E-state index in [2.05, 4.69) is 10.2 Å². The number of rotatable bonds is 5. The van der Waals surface area contributed by atoms with Gasteiger partial charge in [-0.2, -0.15) is 0 Å². The minimum Gasteiger partial charge on any atom is -0.383 e. The third-order valence-corrected chi connectivity index (χ3v) is 4.91. The van der Waals surface area contributed by atoms with E-state index in [1.165, 1.54) is 6.07 Å². The van der Waals surface area contributed by atoms with Gasteiger partial charge < -0.3 is 10.4 Å². The van der Waals surface area contributed by atoms with Gasteiger partial charge in [-0.05, 0) is 62.9 Å². The summed E-state index contributed by atoms with van der Waals surface area (Å²) in [5.74, 6) is -0.513. The van der Waals surface area contributed by atoms with Gasteiger partial charge in [-0.15, -0.1) is 0 Å². The monoisotopic (exact) mass is 340 g/mol. The molecule has 3 rings (SSSR count). The van der Waals surface area contributed by atoms with Crippen molar-refractivity contribution in [3.8, 4) is 0 Å². The molecule has 1 atom stereocenters. The Morgan fingerprint density at radius 3 is 2.70 bits per heavy atom. The van der Waals surface area contributed by atoms with Gasteiger partial charge in [0.2, 0.25) is 5.91 Å². The summed E-state index contributed by atoms with van der Waals surface area (Å²) in [6.07, 6.45) is 2.58. The molecule has 0 radical (unpaired) electrons. The fourth-order valence-electron chi connectivity index (χ4n) is 3.06. The average molecular weight is 341 g/mol. The SMILES string of the molecule is O=C(NC1CC1)C(O)C1CCN(Cc2cc(Cl)ccc2F)CC1. The number of aliphatic hydroxyl groups excluding tert-OH is 1. The van der Waals surface area contributed by atoms with Crippen molar-refractivity contribution < 1.29 is 14.3 Å². The molecule has 1 heterocycles. The predicted molar refractivity (Wildman–Crippen MR) is 86.6 cm³/mol. The number of aliphatic hydroxyl groups is 1. The Morgan fingerprint density at radius 1 is 1.35 bits per heavy atom. The van der Waals surface area contributed by atoms with Crippen LogP contribution in [0.1, 0.15) is 31.2 Å². The standard InChI is InChI=1S/C17H22ClFN2O2/c18-13-1-4-15(19)12(9-13)10-21-7-5-11(6-8-21)16(22)17(23)20-14-2-3-14/h1,4,9,11,14,16,22H,2-3,5-8,10H2,(H,20,23). The Morgan fingerprint density at radius 2 is 2.04 bits per heavy atom. The number of amides is 1. The first-order valence-corrected chi connectivity index (χ1v) is 8.55. The van der Waals surface area contributed by atoms with E-state index in [0.29, 0.717) is 17.1 Å². The highest BCUT2D eigenvalue weighted by Gasteiger charge is 2.33. The van der Waals surface area contributed by atoms with E-state index >= 15 is 0 Å². The zero-order valence-corrected chi connectivity index (χ0v) is 13.7. The van der Waals surface area contributed by atoms with Crippen LogP contribution in [-0.2, 0) is 11.3 Å². The molecule has 1 aromatic rings. The van der Waals surface area contributed by atoms with E-state index in [-0.39, 0.29) is 23.7 Å². The minimum atomic E-state index is -0.930. The zero-order chi connectivity index (χ0) is 16.4. The third kappa shape index (κ3) is 4.43. The van der Waals surface area contributed by atoms with E-state index in [1.54, 1.807) is 12.1 Å². The topological polar surface area (TPSA) is 52.6 Å². The number of piperidine rings is 1. The summed E-state index contributed by atoms with van der Waals surface area (Å²) in [6, 6.07) is 4.85. The van der Waals surface area contributed by atoms with E-state index in [0.717, 1.165) is 38.8 Å². The summed E-state index contributed by atoms with van der Waals surface area (Å²) in [6.45, 7) is 1.98. The first kappa shape index (κ1) is 16.7. The van der Waals surface area contributed by atoms with Gasteiger partial charge in [-0.1, -0.05) is 11.6 Å². The van der Waals surface area contributed by atoms with Crippen molar-refractivity contribution in [1.82, 2.24) is 10.2 Å². The van der Waals surface area contributed by atoms with Crippen molar-refractivity contribution in [3.05, 3.63) is 34.6 Å². The maximum atomic E-state index is 13.8. The molecule has 4 nitrogen and oxygen atoms in total. The highest BCUT2D eigenvalue weighted by atomic mass is 35.5. The quantitative estimate of drug-likeness (QED) is 0.865. The molecule has 1 aliphatic heterocycles. The molecule has 2 fully saturated rings.